The van der Waals surface area contributed by atoms with Crippen molar-refractivity contribution in [3.8, 4) is 5.75 Å². The van der Waals surface area contributed by atoms with Crippen LogP contribution in [0.5, 0.6) is 5.75 Å². The molecule has 0 unspecified atom stereocenters. The molecular formula is C19H21N3O3. The summed E-state index contributed by atoms with van der Waals surface area (Å²) in [6.07, 6.45) is 1.93. The van der Waals surface area contributed by atoms with Crippen LogP contribution in [0, 0.1) is 0 Å². The van der Waals surface area contributed by atoms with Crippen LogP contribution < -0.4 is 15.4 Å². The summed E-state index contributed by atoms with van der Waals surface area (Å²) < 4.78 is 5.10. The van der Waals surface area contributed by atoms with Crippen molar-refractivity contribution in [2.24, 2.45) is 10.9 Å². The van der Waals surface area contributed by atoms with Gasteiger partial charge in [0.05, 0.1) is 7.11 Å². The van der Waals surface area contributed by atoms with Crippen LogP contribution in [-0.4, -0.2) is 32.0 Å². The van der Waals surface area contributed by atoms with Crippen molar-refractivity contribution in [2.75, 3.05) is 25.2 Å². The lowest BCUT2D eigenvalue weighted by molar-refractivity contribution is -0.123. The highest BCUT2D eigenvalue weighted by molar-refractivity contribution is 5.97. The van der Waals surface area contributed by atoms with Crippen LogP contribution in [0.1, 0.15) is 17.5 Å². The van der Waals surface area contributed by atoms with Gasteiger partial charge in [-0.2, -0.15) is 0 Å². The third-order valence-corrected chi connectivity index (χ3v) is 4.15. The van der Waals surface area contributed by atoms with Gasteiger partial charge in [0.2, 0.25) is 0 Å². The molecule has 6 nitrogen and oxygen atoms in total. The predicted molar refractivity (Wildman–Crippen MR) is 96.8 cm³/mol. The number of amides is 1. The minimum atomic E-state index is -0.148. The number of methoxy groups -OCH3 is 1. The summed E-state index contributed by atoms with van der Waals surface area (Å²) in [7, 11) is 1.60. The summed E-state index contributed by atoms with van der Waals surface area (Å²) in [6.45, 7) is 0.544. The van der Waals surface area contributed by atoms with Crippen LogP contribution in [0.15, 0.2) is 53.7 Å². The van der Waals surface area contributed by atoms with E-state index in [-0.39, 0.29) is 18.3 Å². The molecule has 0 spiro atoms. The molecule has 25 heavy (non-hydrogen) atoms. The highest BCUT2D eigenvalue weighted by Gasteiger charge is 2.22. The second kappa shape index (κ2) is 7.70. The van der Waals surface area contributed by atoms with E-state index >= 15 is 0 Å². The molecule has 1 heterocycles. The molecular weight excluding hydrogens is 318 g/mol. The van der Waals surface area contributed by atoms with Gasteiger partial charge in [-0.3, -0.25) is 4.79 Å². The van der Waals surface area contributed by atoms with E-state index in [4.69, 9.17) is 15.3 Å². The zero-order valence-electron chi connectivity index (χ0n) is 14.1. The van der Waals surface area contributed by atoms with Crippen LogP contribution in [0.3, 0.4) is 0 Å². The number of rotatable bonds is 5. The number of nitrogens with zero attached hydrogens (tertiary/aromatic N) is 2. The first-order valence-electron chi connectivity index (χ1n) is 8.17. The minimum Gasteiger partial charge on any atom is -0.497 e. The maximum absolute atomic E-state index is 12.4. The lowest BCUT2D eigenvalue weighted by atomic mass is 10.0. The Balaban J connectivity index is 1.61. The fourth-order valence-electron chi connectivity index (χ4n) is 2.84. The Bertz CT molecular complexity index is 772. The van der Waals surface area contributed by atoms with Gasteiger partial charge in [-0.15, -0.1) is 0 Å². The molecule has 1 aliphatic rings. The van der Waals surface area contributed by atoms with Crippen molar-refractivity contribution in [1.29, 1.82) is 0 Å². The summed E-state index contributed by atoms with van der Waals surface area (Å²) in [6, 6.07) is 15.1. The number of aryl methyl sites for hydroxylation is 1. The van der Waals surface area contributed by atoms with Crippen molar-refractivity contribution in [3.63, 3.8) is 0 Å². The molecule has 1 aliphatic heterocycles. The summed E-state index contributed by atoms with van der Waals surface area (Å²) in [4.78, 5) is 19.4. The van der Waals surface area contributed by atoms with Gasteiger partial charge in [0.25, 0.3) is 5.91 Å². The van der Waals surface area contributed by atoms with Crippen molar-refractivity contribution >= 4 is 17.4 Å². The smallest absolute Gasteiger partial charge is 0.267 e. The van der Waals surface area contributed by atoms with Crippen LogP contribution in [-0.2, 0) is 16.1 Å². The fourth-order valence-corrected chi connectivity index (χ4v) is 2.84. The molecule has 3 rings (SSSR count). The van der Waals surface area contributed by atoms with Crippen molar-refractivity contribution in [2.45, 2.75) is 12.8 Å². The van der Waals surface area contributed by atoms with Gasteiger partial charge in [0, 0.05) is 17.8 Å². The third-order valence-electron chi connectivity index (χ3n) is 4.15. The Hall–Kier alpha value is -3.02. The Morgan fingerprint density at radius 2 is 1.96 bits per heavy atom. The summed E-state index contributed by atoms with van der Waals surface area (Å²) in [5, 5.41) is 3.85. The molecule has 0 aliphatic carbocycles. The van der Waals surface area contributed by atoms with Gasteiger partial charge >= 0.3 is 0 Å². The second-order valence-electron chi connectivity index (χ2n) is 5.76. The molecule has 0 saturated heterocycles. The lowest BCUT2D eigenvalue weighted by Crippen LogP contribution is -2.37. The number of nitrogens with two attached hydrogens (primary N) is 1. The van der Waals surface area contributed by atoms with E-state index in [1.807, 2.05) is 18.2 Å². The van der Waals surface area contributed by atoms with Crippen LogP contribution >= 0.6 is 0 Å². The topological polar surface area (TPSA) is 77.1 Å². The molecule has 2 aromatic rings. The van der Waals surface area contributed by atoms with E-state index in [1.165, 1.54) is 5.56 Å². The second-order valence-corrected chi connectivity index (χ2v) is 5.76. The van der Waals surface area contributed by atoms with Gasteiger partial charge in [-0.05, 0) is 48.7 Å². The monoisotopic (exact) mass is 339 g/mol. The van der Waals surface area contributed by atoms with Crippen molar-refractivity contribution in [1.82, 2.24) is 0 Å². The van der Waals surface area contributed by atoms with Gasteiger partial charge in [-0.25, -0.2) is 0 Å². The van der Waals surface area contributed by atoms with E-state index in [0.29, 0.717) is 12.1 Å². The number of amidine groups is 1. The largest absolute Gasteiger partial charge is 0.497 e. The van der Waals surface area contributed by atoms with Gasteiger partial charge in [-0.1, -0.05) is 23.4 Å². The highest BCUT2D eigenvalue weighted by Crippen LogP contribution is 2.26. The van der Waals surface area contributed by atoms with Crippen LogP contribution in [0.2, 0.25) is 0 Å². The number of anilines is 1. The van der Waals surface area contributed by atoms with Crippen molar-refractivity contribution in [3.05, 3.63) is 59.7 Å². The van der Waals surface area contributed by atoms with E-state index in [0.717, 1.165) is 24.3 Å². The molecule has 0 radical (unpaired) electrons. The zero-order valence-corrected chi connectivity index (χ0v) is 14.1. The molecule has 2 N–H and O–H groups in total. The van der Waals surface area contributed by atoms with E-state index in [2.05, 4.69) is 11.2 Å². The molecule has 6 heteroatoms. The number of hydrogen-bond donors (Lipinski definition) is 1. The minimum absolute atomic E-state index is 0.126. The first-order chi connectivity index (χ1) is 12.2. The molecule has 1 amide bonds. The van der Waals surface area contributed by atoms with Gasteiger partial charge in [0.15, 0.2) is 12.4 Å². The standard InChI is InChI=1S/C19H21N3O3/c1-24-16-10-8-15(9-11-16)19(20)21-25-13-18(23)22-12-4-6-14-5-2-3-7-17(14)22/h2-3,5,7-11H,4,6,12-13H2,1H3,(H2,20,21). The third kappa shape index (κ3) is 3.91. The predicted octanol–water partition coefficient (Wildman–Crippen LogP) is 2.31. The highest BCUT2D eigenvalue weighted by atomic mass is 16.6. The zero-order chi connectivity index (χ0) is 17.6. The van der Waals surface area contributed by atoms with Crippen LogP contribution in [0.25, 0.3) is 0 Å². The summed E-state index contributed by atoms with van der Waals surface area (Å²) in [5.74, 6) is 0.823. The average molecular weight is 339 g/mol. The number of hydrogen-bond acceptors (Lipinski definition) is 4. The summed E-state index contributed by atoms with van der Waals surface area (Å²) in [5.41, 5.74) is 8.73. The Morgan fingerprint density at radius 1 is 1.20 bits per heavy atom. The van der Waals surface area contributed by atoms with Crippen LogP contribution in [0.4, 0.5) is 5.69 Å². The number of benzene rings is 2. The Kier molecular flexibility index (Phi) is 5.18. The number of carbonyl (C=O) groups is 1. The first-order valence-corrected chi connectivity index (χ1v) is 8.17. The lowest BCUT2D eigenvalue weighted by Gasteiger charge is -2.28. The number of oxime groups is 1. The molecule has 0 bridgehead atoms. The first kappa shape index (κ1) is 16.8. The molecule has 130 valence electrons. The molecule has 2 aromatic carbocycles. The van der Waals surface area contributed by atoms with Gasteiger partial charge in [0.1, 0.15) is 5.75 Å². The molecule has 0 fully saturated rings. The number of ether oxygens (including phenoxy) is 1. The van der Waals surface area contributed by atoms with E-state index < -0.39 is 0 Å². The fraction of sp³-hybridized carbons (Fsp3) is 0.263. The summed E-state index contributed by atoms with van der Waals surface area (Å²) >= 11 is 0. The molecule has 0 saturated carbocycles. The number of fused-ring (bicyclic) bond motifs is 1. The SMILES string of the molecule is COc1ccc(/C(N)=N/OCC(=O)N2CCCc3ccccc32)cc1. The molecule has 0 atom stereocenters. The maximum atomic E-state index is 12.4. The van der Waals surface area contributed by atoms with E-state index in [9.17, 15) is 4.79 Å². The quantitative estimate of drug-likeness (QED) is 0.515. The Labute approximate surface area is 146 Å². The Morgan fingerprint density at radius 3 is 2.72 bits per heavy atom. The maximum Gasteiger partial charge on any atom is 0.267 e. The van der Waals surface area contributed by atoms with E-state index in [1.54, 1.807) is 36.3 Å². The average Bonchev–Trinajstić information content (AvgIpc) is 2.67. The normalized spacial score (nSPS) is 14.0. The van der Waals surface area contributed by atoms with Gasteiger partial charge < -0.3 is 20.2 Å². The molecule has 0 aromatic heterocycles. The van der Waals surface area contributed by atoms with Crippen molar-refractivity contribution < 1.29 is 14.4 Å². The number of para-hydroxylation sites is 1. The number of carbonyl (C=O) groups excluding carboxylic acids is 1.